The largest absolute Gasteiger partial charge is 0.371 e. The summed E-state index contributed by atoms with van der Waals surface area (Å²) in [5.41, 5.74) is 0. The number of hydrogen-bond acceptors (Lipinski definition) is 4. The predicted molar refractivity (Wildman–Crippen MR) is 47.1 cm³/mol. The van der Waals surface area contributed by atoms with Gasteiger partial charge in [0, 0.05) is 14.2 Å². The summed E-state index contributed by atoms with van der Waals surface area (Å²) in [5, 5.41) is 0. The summed E-state index contributed by atoms with van der Waals surface area (Å²) in [5.74, 6) is -0.639. The Balaban J connectivity index is 4.53. The van der Waals surface area contributed by atoms with Crippen LogP contribution in [0.2, 0.25) is 0 Å². The van der Waals surface area contributed by atoms with Crippen LogP contribution in [-0.2, 0) is 18.8 Å². The van der Waals surface area contributed by atoms with Crippen molar-refractivity contribution < 1.29 is 18.8 Å². The van der Waals surface area contributed by atoms with Crippen LogP contribution in [0.5, 0.6) is 0 Å². The average Bonchev–Trinajstić information content (AvgIpc) is 1.97. The van der Waals surface area contributed by atoms with Gasteiger partial charge in [-0.15, -0.1) is 0 Å². The normalized spacial score (nSPS) is 17.0. The summed E-state index contributed by atoms with van der Waals surface area (Å²) in [6.07, 6.45) is -0.135. The van der Waals surface area contributed by atoms with Gasteiger partial charge in [-0.25, -0.2) is 0 Å². The topological polar surface area (TPSA) is 52.6 Å². The van der Waals surface area contributed by atoms with E-state index in [9.17, 15) is 9.36 Å². The highest BCUT2D eigenvalue weighted by atomic mass is 31.2. The molecule has 0 saturated carbocycles. The third-order valence-electron chi connectivity index (χ3n) is 1.54. The van der Waals surface area contributed by atoms with Crippen LogP contribution in [0.3, 0.4) is 0 Å². The van der Waals surface area contributed by atoms with Crippen LogP contribution >= 0.6 is 7.14 Å². The second-order valence-corrected chi connectivity index (χ2v) is 6.27. The van der Waals surface area contributed by atoms with Crippen molar-refractivity contribution in [3.05, 3.63) is 0 Å². The highest BCUT2D eigenvalue weighted by Gasteiger charge is 2.31. The van der Waals surface area contributed by atoms with Crippen LogP contribution in [0.15, 0.2) is 0 Å². The lowest BCUT2D eigenvalue weighted by Crippen LogP contribution is -2.30. The number of methoxy groups -OCH3 is 2. The number of ether oxygens (including phenoxy) is 2. The second kappa shape index (κ2) is 4.75. The molecule has 0 aliphatic heterocycles. The van der Waals surface area contributed by atoms with Gasteiger partial charge in [0.15, 0.2) is 6.29 Å². The summed E-state index contributed by atoms with van der Waals surface area (Å²) in [6.45, 7) is 3.13. The van der Waals surface area contributed by atoms with E-state index < -0.39 is 19.1 Å². The first kappa shape index (κ1) is 11.8. The van der Waals surface area contributed by atoms with Crippen LogP contribution in [0.25, 0.3) is 0 Å². The molecule has 0 saturated heterocycles. The Morgan fingerprint density at radius 2 is 1.75 bits per heavy atom. The van der Waals surface area contributed by atoms with Crippen LogP contribution < -0.4 is 0 Å². The van der Waals surface area contributed by atoms with E-state index in [2.05, 4.69) is 0 Å². The summed E-state index contributed by atoms with van der Waals surface area (Å²) in [6, 6.07) is 0. The van der Waals surface area contributed by atoms with E-state index in [0.29, 0.717) is 6.29 Å². The zero-order valence-corrected chi connectivity index (χ0v) is 8.71. The van der Waals surface area contributed by atoms with Gasteiger partial charge in [0.05, 0.1) is 0 Å². The summed E-state index contributed by atoms with van der Waals surface area (Å²) in [4.78, 5) is 10.5. The molecule has 0 aromatic rings. The molecule has 0 aromatic carbocycles. The zero-order chi connectivity index (χ0) is 9.78. The van der Waals surface area contributed by atoms with Gasteiger partial charge in [0.1, 0.15) is 19.1 Å². The van der Waals surface area contributed by atoms with Crippen LogP contribution in [-0.4, -0.2) is 45.8 Å². The van der Waals surface area contributed by atoms with Crippen LogP contribution in [0, 0.1) is 0 Å². The van der Waals surface area contributed by atoms with Gasteiger partial charge in [-0.05, 0) is 13.3 Å². The SMILES string of the molecule is COC(C=O)C(OC)P(C)(C)=O. The molecule has 0 bridgehead atoms. The van der Waals surface area contributed by atoms with Gasteiger partial charge in [0.25, 0.3) is 0 Å². The Bertz CT molecular complexity index is 186. The van der Waals surface area contributed by atoms with Crippen molar-refractivity contribution >= 4 is 13.4 Å². The molecule has 5 heteroatoms. The van der Waals surface area contributed by atoms with E-state index in [4.69, 9.17) is 9.47 Å². The minimum atomic E-state index is -2.44. The Morgan fingerprint density at radius 3 is 1.83 bits per heavy atom. The molecule has 4 nitrogen and oxygen atoms in total. The average molecular weight is 194 g/mol. The fraction of sp³-hybridized carbons (Fsp3) is 0.857. The fourth-order valence-corrected chi connectivity index (χ4v) is 2.39. The van der Waals surface area contributed by atoms with Gasteiger partial charge < -0.3 is 18.8 Å². The third-order valence-corrected chi connectivity index (χ3v) is 3.27. The van der Waals surface area contributed by atoms with Gasteiger partial charge in [0.2, 0.25) is 0 Å². The lowest BCUT2D eigenvalue weighted by Gasteiger charge is -2.23. The Kier molecular flexibility index (Phi) is 4.68. The summed E-state index contributed by atoms with van der Waals surface area (Å²) < 4.78 is 21.3. The second-order valence-electron chi connectivity index (χ2n) is 2.90. The Labute approximate surface area is 72.6 Å². The molecule has 12 heavy (non-hydrogen) atoms. The molecule has 0 amide bonds. The molecular formula is C7H15O4P. The minimum Gasteiger partial charge on any atom is -0.371 e. The molecule has 0 radical (unpaired) electrons. The molecule has 0 aliphatic rings. The molecule has 0 heterocycles. The number of carbonyl (C=O) groups is 1. The van der Waals surface area contributed by atoms with E-state index in [1.807, 2.05) is 0 Å². The Morgan fingerprint density at radius 1 is 1.25 bits per heavy atom. The van der Waals surface area contributed by atoms with Crippen molar-refractivity contribution in [2.45, 2.75) is 11.9 Å². The van der Waals surface area contributed by atoms with Gasteiger partial charge in [-0.2, -0.15) is 0 Å². The van der Waals surface area contributed by atoms with E-state index in [1.54, 1.807) is 13.3 Å². The molecule has 72 valence electrons. The van der Waals surface area contributed by atoms with Crippen LogP contribution in [0.4, 0.5) is 0 Å². The maximum atomic E-state index is 11.5. The molecule has 0 rings (SSSR count). The maximum absolute atomic E-state index is 11.5. The highest BCUT2D eigenvalue weighted by Crippen LogP contribution is 2.44. The van der Waals surface area contributed by atoms with E-state index >= 15 is 0 Å². The monoisotopic (exact) mass is 194 g/mol. The number of aldehydes is 1. The molecule has 0 spiro atoms. The Hall–Kier alpha value is -0.180. The zero-order valence-electron chi connectivity index (χ0n) is 7.81. The van der Waals surface area contributed by atoms with Crippen molar-refractivity contribution in [1.29, 1.82) is 0 Å². The quantitative estimate of drug-likeness (QED) is 0.479. The van der Waals surface area contributed by atoms with Crippen molar-refractivity contribution in [3.8, 4) is 0 Å². The van der Waals surface area contributed by atoms with Gasteiger partial charge in [-0.1, -0.05) is 0 Å². The highest BCUT2D eigenvalue weighted by molar-refractivity contribution is 7.63. The molecule has 0 aromatic heterocycles. The van der Waals surface area contributed by atoms with E-state index in [-0.39, 0.29) is 0 Å². The van der Waals surface area contributed by atoms with Gasteiger partial charge in [-0.3, -0.25) is 0 Å². The molecule has 0 aliphatic carbocycles. The van der Waals surface area contributed by atoms with Crippen molar-refractivity contribution in [3.63, 3.8) is 0 Å². The standard InChI is InChI=1S/C7H15O4P/c1-10-6(5-8)7(11-2)12(3,4)9/h5-7H,1-4H3. The van der Waals surface area contributed by atoms with Crippen molar-refractivity contribution in [1.82, 2.24) is 0 Å². The molecule has 2 unspecified atom stereocenters. The molecule has 0 fully saturated rings. The third kappa shape index (κ3) is 3.05. The smallest absolute Gasteiger partial charge is 0.151 e. The van der Waals surface area contributed by atoms with Gasteiger partial charge >= 0.3 is 0 Å². The van der Waals surface area contributed by atoms with Crippen molar-refractivity contribution in [2.75, 3.05) is 27.5 Å². The first-order valence-electron chi connectivity index (χ1n) is 3.53. The van der Waals surface area contributed by atoms with E-state index in [1.165, 1.54) is 14.2 Å². The first-order valence-corrected chi connectivity index (χ1v) is 6.20. The number of carbonyl (C=O) groups excluding carboxylic acids is 1. The lowest BCUT2D eigenvalue weighted by atomic mass is 10.4. The number of rotatable bonds is 5. The minimum absolute atomic E-state index is 0.605. The predicted octanol–water partition coefficient (Wildman–Crippen LogP) is 0.795. The summed E-state index contributed by atoms with van der Waals surface area (Å²) >= 11 is 0. The van der Waals surface area contributed by atoms with E-state index in [0.717, 1.165) is 0 Å². The molecule has 0 N–H and O–H groups in total. The maximum Gasteiger partial charge on any atom is 0.151 e. The lowest BCUT2D eigenvalue weighted by molar-refractivity contribution is -0.120. The fourth-order valence-electron chi connectivity index (χ4n) is 0.981. The molecular weight excluding hydrogens is 179 g/mol. The molecule has 2 atom stereocenters. The van der Waals surface area contributed by atoms with Crippen molar-refractivity contribution in [2.24, 2.45) is 0 Å². The van der Waals surface area contributed by atoms with Crippen LogP contribution in [0.1, 0.15) is 0 Å². The first-order chi connectivity index (χ1) is 5.47. The number of hydrogen-bond donors (Lipinski definition) is 0. The summed E-state index contributed by atoms with van der Waals surface area (Å²) in [7, 11) is 0.363.